The van der Waals surface area contributed by atoms with Gasteiger partial charge in [0.25, 0.3) is 0 Å². The molecule has 1 saturated heterocycles. The molecule has 182 valence electrons. The Morgan fingerprint density at radius 3 is 2.36 bits per heavy atom. The Balaban J connectivity index is 1.84. The number of aliphatic hydroxyl groups is 1. The molecule has 33 heavy (non-hydrogen) atoms. The minimum atomic E-state index is -1.40. The predicted octanol–water partition coefficient (Wildman–Crippen LogP) is 3.31. The number of β-amino-alcohol motifs (C(OH)–C–C–N with tert-alkyl or cyclic N) is 1. The van der Waals surface area contributed by atoms with Crippen LogP contribution in [0.1, 0.15) is 59.9 Å². The number of nitrogens with zero attached hydrogens (tertiary/aromatic N) is 2. The van der Waals surface area contributed by atoms with E-state index in [1.165, 1.54) is 4.90 Å². The van der Waals surface area contributed by atoms with Crippen LogP contribution in [0.15, 0.2) is 23.2 Å². The second kappa shape index (κ2) is 8.85. The van der Waals surface area contributed by atoms with E-state index < -0.39 is 34.9 Å². The Bertz CT molecular complexity index is 907. The standard InChI is InChI=1S/C24H34N2O7/c1-22(2,3)32-20(27)17-12-24(29,13-26(17)21(28)33-23(4,5)6)11-16(25-7)15-8-9-18-19(10-15)31-14-30-18/h8-10,17,29H,11-14H2,1-7H3/t17-,24+/m0/s1. The molecule has 0 aliphatic carbocycles. The van der Waals surface area contributed by atoms with Gasteiger partial charge >= 0.3 is 12.1 Å². The Morgan fingerprint density at radius 2 is 1.76 bits per heavy atom. The zero-order valence-electron chi connectivity index (χ0n) is 20.4. The van der Waals surface area contributed by atoms with E-state index in [9.17, 15) is 14.7 Å². The topological polar surface area (TPSA) is 107 Å². The highest BCUT2D eigenvalue weighted by atomic mass is 16.7. The van der Waals surface area contributed by atoms with Crippen molar-refractivity contribution in [2.45, 2.75) is 77.2 Å². The third-order valence-corrected chi connectivity index (χ3v) is 5.19. The van der Waals surface area contributed by atoms with Gasteiger partial charge in [-0.25, -0.2) is 9.59 Å². The van der Waals surface area contributed by atoms with Crippen LogP contribution >= 0.6 is 0 Å². The predicted molar refractivity (Wildman–Crippen MR) is 122 cm³/mol. The lowest BCUT2D eigenvalue weighted by molar-refractivity contribution is -0.160. The average molecular weight is 463 g/mol. The first-order valence-electron chi connectivity index (χ1n) is 11.0. The molecule has 0 aromatic heterocycles. The van der Waals surface area contributed by atoms with Crippen molar-refractivity contribution in [3.8, 4) is 11.5 Å². The number of hydrogen-bond donors (Lipinski definition) is 1. The number of fused-ring (bicyclic) bond motifs is 1. The quantitative estimate of drug-likeness (QED) is 0.540. The van der Waals surface area contributed by atoms with Crippen molar-refractivity contribution in [1.29, 1.82) is 0 Å². The maximum Gasteiger partial charge on any atom is 0.411 e. The number of carbonyl (C=O) groups is 2. The highest BCUT2D eigenvalue weighted by Crippen LogP contribution is 2.36. The number of carbonyl (C=O) groups excluding carboxylic acids is 2. The summed E-state index contributed by atoms with van der Waals surface area (Å²) < 4.78 is 21.8. The van der Waals surface area contributed by atoms with Crippen LogP contribution in [0.2, 0.25) is 0 Å². The van der Waals surface area contributed by atoms with Gasteiger partial charge in [0.2, 0.25) is 6.79 Å². The molecule has 0 spiro atoms. The summed E-state index contributed by atoms with van der Waals surface area (Å²) in [7, 11) is 1.63. The second-order valence-electron chi connectivity index (χ2n) is 10.5. The molecular weight excluding hydrogens is 428 g/mol. The third kappa shape index (κ3) is 6.16. The van der Waals surface area contributed by atoms with Crippen LogP contribution in [0.4, 0.5) is 4.79 Å². The Morgan fingerprint density at radius 1 is 1.12 bits per heavy atom. The third-order valence-electron chi connectivity index (χ3n) is 5.19. The largest absolute Gasteiger partial charge is 0.458 e. The van der Waals surface area contributed by atoms with E-state index in [4.69, 9.17) is 18.9 Å². The summed E-state index contributed by atoms with van der Waals surface area (Å²) in [6.07, 6.45) is -0.542. The van der Waals surface area contributed by atoms with Crippen LogP contribution in [0.5, 0.6) is 11.5 Å². The lowest BCUT2D eigenvalue weighted by Crippen LogP contribution is -2.46. The summed E-state index contributed by atoms with van der Waals surface area (Å²) in [5.41, 5.74) is -1.51. The fourth-order valence-electron chi connectivity index (χ4n) is 3.88. The Hall–Kier alpha value is -2.81. The van der Waals surface area contributed by atoms with Gasteiger partial charge in [-0.1, -0.05) is 0 Å². The summed E-state index contributed by atoms with van der Waals surface area (Å²) in [4.78, 5) is 31.5. The summed E-state index contributed by atoms with van der Waals surface area (Å²) in [5.74, 6) is 0.672. The van der Waals surface area contributed by atoms with E-state index in [0.29, 0.717) is 17.2 Å². The van der Waals surface area contributed by atoms with Gasteiger partial charge in [0.05, 0.1) is 12.1 Å². The molecule has 1 amide bonds. The van der Waals surface area contributed by atoms with Crippen molar-refractivity contribution >= 4 is 17.8 Å². The number of amides is 1. The van der Waals surface area contributed by atoms with E-state index in [0.717, 1.165) is 5.56 Å². The van der Waals surface area contributed by atoms with E-state index in [2.05, 4.69) is 4.99 Å². The van der Waals surface area contributed by atoms with Crippen LogP contribution in [0, 0.1) is 0 Å². The second-order valence-corrected chi connectivity index (χ2v) is 10.5. The van der Waals surface area contributed by atoms with Gasteiger partial charge in [0, 0.05) is 25.6 Å². The van der Waals surface area contributed by atoms with Gasteiger partial charge in [0.1, 0.15) is 17.2 Å². The molecule has 1 aromatic rings. The van der Waals surface area contributed by atoms with Crippen molar-refractivity contribution in [3.63, 3.8) is 0 Å². The van der Waals surface area contributed by atoms with Crippen LogP contribution in [0.3, 0.4) is 0 Å². The van der Waals surface area contributed by atoms with Gasteiger partial charge in [-0.15, -0.1) is 0 Å². The highest BCUT2D eigenvalue weighted by Gasteiger charge is 2.50. The SMILES string of the molecule is CN=C(C[C@@]1(O)C[C@@H](C(=O)OC(C)(C)C)N(C(=O)OC(C)(C)C)C1)c1ccc2c(c1)OCO2. The number of likely N-dealkylation sites (tertiary alicyclic amines) is 1. The van der Waals surface area contributed by atoms with Crippen molar-refractivity contribution < 1.29 is 33.6 Å². The van der Waals surface area contributed by atoms with Gasteiger partial charge in [-0.05, 0) is 65.3 Å². The normalized spacial score (nSPS) is 23.0. The van der Waals surface area contributed by atoms with Crippen LogP contribution in [-0.2, 0) is 14.3 Å². The van der Waals surface area contributed by atoms with E-state index >= 15 is 0 Å². The first-order chi connectivity index (χ1) is 15.2. The average Bonchev–Trinajstić information content (AvgIpc) is 3.27. The molecule has 0 unspecified atom stereocenters. The first-order valence-corrected chi connectivity index (χ1v) is 11.0. The molecule has 2 heterocycles. The van der Waals surface area contributed by atoms with Gasteiger partial charge in [-0.3, -0.25) is 9.89 Å². The smallest absolute Gasteiger partial charge is 0.411 e. The molecule has 9 heteroatoms. The van der Waals surface area contributed by atoms with Crippen LogP contribution < -0.4 is 9.47 Å². The fraction of sp³-hybridized carbons (Fsp3) is 0.625. The van der Waals surface area contributed by atoms with E-state index in [1.807, 2.05) is 6.07 Å². The number of benzene rings is 1. The van der Waals surface area contributed by atoms with Crippen molar-refractivity contribution in [3.05, 3.63) is 23.8 Å². The number of ether oxygens (including phenoxy) is 4. The zero-order chi connectivity index (χ0) is 24.6. The molecule has 2 aliphatic heterocycles. The molecule has 2 aliphatic rings. The van der Waals surface area contributed by atoms with Gasteiger partial charge in [-0.2, -0.15) is 0 Å². The summed E-state index contributed by atoms with van der Waals surface area (Å²) in [6, 6.07) is 4.46. The molecule has 3 rings (SSSR count). The molecule has 0 saturated carbocycles. The minimum Gasteiger partial charge on any atom is -0.458 e. The summed E-state index contributed by atoms with van der Waals surface area (Å²) in [5, 5.41) is 11.5. The number of esters is 1. The van der Waals surface area contributed by atoms with Crippen molar-refractivity contribution in [2.75, 3.05) is 20.4 Å². The Kier molecular flexibility index (Phi) is 6.66. The fourth-order valence-corrected chi connectivity index (χ4v) is 3.88. The van der Waals surface area contributed by atoms with Crippen molar-refractivity contribution in [1.82, 2.24) is 4.90 Å². The van der Waals surface area contributed by atoms with E-state index in [-0.39, 0.29) is 26.2 Å². The number of rotatable bonds is 4. The monoisotopic (exact) mass is 462 g/mol. The number of aliphatic imine (C=N–C) groups is 1. The maximum absolute atomic E-state index is 12.9. The molecule has 1 aromatic carbocycles. The lowest BCUT2D eigenvalue weighted by Gasteiger charge is -2.29. The molecule has 2 atom stereocenters. The number of hydrogen-bond acceptors (Lipinski definition) is 8. The van der Waals surface area contributed by atoms with Crippen LogP contribution in [-0.4, -0.2) is 71.0 Å². The van der Waals surface area contributed by atoms with Crippen LogP contribution in [0.25, 0.3) is 0 Å². The van der Waals surface area contributed by atoms with Gasteiger partial charge < -0.3 is 24.1 Å². The summed E-state index contributed by atoms with van der Waals surface area (Å²) >= 11 is 0. The molecule has 0 bridgehead atoms. The van der Waals surface area contributed by atoms with E-state index in [1.54, 1.807) is 60.7 Å². The van der Waals surface area contributed by atoms with Gasteiger partial charge in [0.15, 0.2) is 11.5 Å². The van der Waals surface area contributed by atoms with Crippen molar-refractivity contribution in [2.24, 2.45) is 4.99 Å². The minimum absolute atomic E-state index is 0.00469. The molecule has 1 N–H and O–H groups in total. The molecule has 0 radical (unpaired) electrons. The summed E-state index contributed by atoms with van der Waals surface area (Å²) in [6.45, 7) is 10.6. The molecule has 1 fully saturated rings. The molecular formula is C24H34N2O7. The lowest BCUT2D eigenvalue weighted by atomic mass is 9.90. The maximum atomic E-state index is 12.9. The zero-order valence-corrected chi connectivity index (χ0v) is 20.4. The first kappa shape index (κ1) is 24.8. The molecule has 9 nitrogen and oxygen atoms in total. The highest BCUT2D eigenvalue weighted by molar-refractivity contribution is 6.02. The Labute approximate surface area is 194 Å².